The normalized spacial score (nSPS) is 16.0. The van der Waals surface area contributed by atoms with Crippen molar-refractivity contribution in [2.75, 3.05) is 18.6 Å². The molecule has 16 heavy (non-hydrogen) atoms. The lowest BCUT2D eigenvalue weighted by Crippen LogP contribution is -2.37. The second-order valence-electron chi connectivity index (χ2n) is 4.87. The molecule has 0 saturated heterocycles. The molecule has 0 aliphatic carbocycles. The van der Waals surface area contributed by atoms with Crippen LogP contribution in [-0.2, 0) is 9.84 Å². The molecule has 0 aromatic carbocycles. The topological polar surface area (TPSA) is 46.2 Å². The van der Waals surface area contributed by atoms with Crippen LogP contribution in [0.25, 0.3) is 0 Å². The van der Waals surface area contributed by atoms with Gasteiger partial charge in [-0.3, -0.25) is 0 Å². The van der Waals surface area contributed by atoms with E-state index in [1.807, 2.05) is 0 Å². The molecule has 0 rings (SSSR count). The Morgan fingerprint density at radius 2 is 1.81 bits per heavy atom. The van der Waals surface area contributed by atoms with E-state index in [9.17, 15) is 8.42 Å². The Morgan fingerprint density at radius 1 is 1.19 bits per heavy atom. The van der Waals surface area contributed by atoms with Crippen molar-refractivity contribution in [2.45, 2.75) is 52.5 Å². The summed E-state index contributed by atoms with van der Waals surface area (Å²) in [6.07, 6.45) is 5.66. The predicted octanol–water partition coefficient (Wildman–Crippen LogP) is 2.23. The summed E-state index contributed by atoms with van der Waals surface area (Å²) < 4.78 is 22.6. The Balaban J connectivity index is 4.19. The highest BCUT2D eigenvalue weighted by Gasteiger charge is 2.17. The molecule has 0 heterocycles. The molecule has 4 heteroatoms. The molecule has 0 spiro atoms. The maximum atomic E-state index is 11.3. The predicted molar refractivity (Wildman–Crippen MR) is 70.5 cm³/mol. The molecular formula is C12H27NO2S. The lowest BCUT2D eigenvalue weighted by atomic mass is 9.98. The summed E-state index contributed by atoms with van der Waals surface area (Å²) in [7, 11) is -2.88. The monoisotopic (exact) mass is 249 g/mol. The Morgan fingerprint density at radius 3 is 2.25 bits per heavy atom. The highest BCUT2D eigenvalue weighted by atomic mass is 32.2. The van der Waals surface area contributed by atoms with E-state index in [0.29, 0.717) is 5.92 Å². The van der Waals surface area contributed by atoms with E-state index in [2.05, 4.69) is 26.1 Å². The maximum Gasteiger partial charge on any atom is 0.148 e. The first-order chi connectivity index (χ1) is 7.39. The standard InChI is InChI=1S/C12H27NO2S/c1-5-7-11(3)9-12(13-8-6-2)10-16(4,14)15/h11-13H,5-10H2,1-4H3. The zero-order chi connectivity index (χ0) is 12.6. The van der Waals surface area contributed by atoms with E-state index in [1.54, 1.807) is 0 Å². The van der Waals surface area contributed by atoms with Crippen LogP contribution in [0.1, 0.15) is 46.5 Å². The average Bonchev–Trinajstić information content (AvgIpc) is 2.12. The molecular weight excluding hydrogens is 222 g/mol. The molecule has 2 atom stereocenters. The van der Waals surface area contributed by atoms with E-state index in [0.717, 1.165) is 19.4 Å². The van der Waals surface area contributed by atoms with Crippen LogP contribution < -0.4 is 5.32 Å². The van der Waals surface area contributed by atoms with Crippen LogP contribution in [0.2, 0.25) is 0 Å². The average molecular weight is 249 g/mol. The fourth-order valence-corrected chi connectivity index (χ4v) is 3.01. The first-order valence-corrected chi connectivity index (χ1v) is 8.36. The van der Waals surface area contributed by atoms with Crippen LogP contribution in [0.15, 0.2) is 0 Å². The fourth-order valence-electron chi connectivity index (χ4n) is 2.02. The van der Waals surface area contributed by atoms with Gasteiger partial charge in [0.1, 0.15) is 9.84 Å². The molecule has 0 amide bonds. The molecule has 2 unspecified atom stereocenters. The van der Waals surface area contributed by atoms with Crippen LogP contribution in [0, 0.1) is 5.92 Å². The van der Waals surface area contributed by atoms with Gasteiger partial charge in [-0.15, -0.1) is 0 Å². The van der Waals surface area contributed by atoms with Gasteiger partial charge in [0.15, 0.2) is 0 Å². The summed E-state index contributed by atoms with van der Waals surface area (Å²) >= 11 is 0. The van der Waals surface area contributed by atoms with Crippen LogP contribution in [-0.4, -0.2) is 33.0 Å². The summed E-state index contributed by atoms with van der Waals surface area (Å²) in [5.41, 5.74) is 0. The minimum atomic E-state index is -2.88. The van der Waals surface area contributed by atoms with Gasteiger partial charge >= 0.3 is 0 Å². The van der Waals surface area contributed by atoms with Crippen molar-refractivity contribution in [1.29, 1.82) is 0 Å². The Hall–Kier alpha value is -0.0900. The maximum absolute atomic E-state index is 11.3. The Bertz CT molecular complexity index is 262. The lowest BCUT2D eigenvalue weighted by Gasteiger charge is -2.21. The first kappa shape index (κ1) is 15.9. The minimum absolute atomic E-state index is 0.122. The van der Waals surface area contributed by atoms with Crippen molar-refractivity contribution in [2.24, 2.45) is 5.92 Å². The van der Waals surface area contributed by atoms with Gasteiger partial charge in [0.25, 0.3) is 0 Å². The molecule has 0 bridgehead atoms. The molecule has 1 N–H and O–H groups in total. The molecule has 0 aliphatic rings. The largest absolute Gasteiger partial charge is 0.313 e. The number of rotatable bonds is 9. The molecule has 0 fully saturated rings. The quantitative estimate of drug-likeness (QED) is 0.681. The Labute approximate surface area is 101 Å². The number of sulfone groups is 1. The summed E-state index contributed by atoms with van der Waals surface area (Å²) in [5, 5.41) is 3.34. The van der Waals surface area contributed by atoms with Crippen LogP contribution in [0.5, 0.6) is 0 Å². The lowest BCUT2D eigenvalue weighted by molar-refractivity contribution is 0.400. The molecule has 0 saturated carbocycles. The van der Waals surface area contributed by atoms with Crippen molar-refractivity contribution in [3.8, 4) is 0 Å². The van der Waals surface area contributed by atoms with E-state index >= 15 is 0 Å². The van der Waals surface area contributed by atoms with Crippen LogP contribution in [0.3, 0.4) is 0 Å². The Kier molecular flexibility index (Phi) is 8.02. The zero-order valence-electron chi connectivity index (χ0n) is 11.1. The van der Waals surface area contributed by atoms with Crippen LogP contribution in [0.4, 0.5) is 0 Å². The van der Waals surface area contributed by atoms with Gasteiger partial charge in [0.2, 0.25) is 0 Å². The number of nitrogens with one attached hydrogen (secondary N) is 1. The molecule has 0 aromatic heterocycles. The van der Waals surface area contributed by atoms with Crippen LogP contribution >= 0.6 is 0 Å². The second kappa shape index (κ2) is 8.07. The summed E-state index contributed by atoms with van der Waals surface area (Å²) in [4.78, 5) is 0. The van der Waals surface area contributed by atoms with Gasteiger partial charge in [-0.1, -0.05) is 33.6 Å². The number of hydrogen-bond acceptors (Lipinski definition) is 3. The summed E-state index contributed by atoms with van der Waals surface area (Å²) in [6.45, 7) is 7.37. The van der Waals surface area contributed by atoms with Crippen molar-refractivity contribution in [3.05, 3.63) is 0 Å². The molecule has 0 aliphatic heterocycles. The third-order valence-electron chi connectivity index (χ3n) is 2.66. The van der Waals surface area contributed by atoms with Gasteiger partial charge in [-0.25, -0.2) is 8.42 Å². The van der Waals surface area contributed by atoms with Crippen molar-refractivity contribution in [1.82, 2.24) is 5.32 Å². The van der Waals surface area contributed by atoms with Gasteiger partial charge in [0, 0.05) is 12.3 Å². The fraction of sp³-hybridized carbons (Fsp3) is 1.00. The zero-order valence-corrected chi connectivity index (χ0v) is 11.9. The molecule has 3 nitrogen and oxygen atoms in total. The SMILES string of the molecule is CCCNC(CC(C)CCC)CS(C)(=O)=O. The van der Waals surface area contributed by atoms with Crippen molar-refractivity contribution < 1.29 is 8.42 Å². The van der Waals surface area contributed by atoms with E-state index in [-0.39, 0.29) is 11.8 Å². The van der Waals surface area contributed by atoms with E-state index in [1.165, 1.54) is 19.1 Å². The highest BCUT2D eigenvalue weighted by molar-refractivity contribution is 7.90. The number of hydrogen-bond donors (Lipinski definition) is 1. The smallest absolute Gasteiger partial charge is 0.148 e. The molecule has 0 aromatic rings. The van der Waals surface area contributed by atoms with Gasteiger partial charge in [-0.2, -0.15) is 0 Å². The highest BCUT2D eigenvalue weighted by Crippen LogP contribution is 2.13. The molecule has 0 radical (unpaired) electrons. The third kappa shape index (κ3) is 9.16. The molecule has 98 valence electrons. The van der Waals surface area contributed by atoms with Gasteiger partial charge in [-0.05, 0) is 25.3 Å². The summed E-state index contributed by atoms with van der Waals surface area (Å²) in [5.74, 6) is 0.863. The summed E-state index contributed by atoms with van der Waals surface area (Å²) in [6, 6.07) is 0.122. The van der Waals surface area contributed by atoms with E-state index < -0.39 is 9.84 Å². The first-order valence-electron chi connectivity index (χ1n) is 6.30. The van der Waals surface area contributed by atoms with Crippen molar-refractivity contribution >= 4 is 9.84 Å². The van der Waals surface area contributed by atoms with Gasteiger partial charge < -0.3 is 5.32 Å². The van der Waals surface area contributed by atoms with Crippen molar-refractivity contribution in [3.63, 3.8) is 0 Å². The second-order valence-corrected chi connectivity index (χ2v) is 7.06. The van der Waals surface area contributed by atoms with E-state index in [4.69, 9.17) is 0 Å². The third-order valence-corrected chi connectivity index (χ3v) is 3.66. The van der Waals surface area contributed by atoms with Gasteiger partial charge in [0.05, 0.1) is 5.75 Å². The minimum Gasteiger partial charge on any atom is -0.313 e.